The Morgan fingerprint density at radius 2 is 1.86 bits per heavy atom. The first-order valence-corrected chi connectivity index (χ1v) is 8.16. The predicted octanol–water partition coefficient (Wildman–Crippen LogP) is 3.40. The van der Waals surface area contributed by atoms with Crippen molar-refractivity contribution >= 4 is 11.6 Å². The van der Waals surface area contributed by atoms with Crippen LogP contribution in [0.5, 0.6) is 0 Å². The van der Waals surface area contributed by atoms with Gasteiger partial charge in [-0.2, -0.15) is 0 Å². The van der Waals surface area contributed by atoms with Gasteiger partial charge < -0.3 is 15.4 Å². The summed E-state index contributed by atoms with van der Waals surface area (Å²) in [6.45, 7) is 8.80. The Labute approximate surface area is 127 Å². The first-order valence-electron chi connectivity index (χ1n) is 8.16. The van der Waals surface area contributed by atoms with Gasteiger partial charge in [-0.25, -0.2) is 9.97 Å². The number of nitrogens with zero attached hydrogens (tertiary/aromatic N) is 2. The maximum atomic E-state index is 5.88. The number of aromatic nitrogens is 2. The fraction of sp³-hybridized carbons (Fsp3) is 0.750. The molecular formula is C16H28N4O. The number of anilines is 2. The van der Waals surface area contributed by atoms with Gasteiger partial charge in [0.25, 0.3) is 0 Å². The Morgan fingerprint density at radius 1 is 1.19 bits per heavy atom. The second-order valence-electron chi connectivity index (χ2n) is 5.87. The number of rotatable bonds is 8. The van der Waals surface area contributed by atoms with Crippen LogP contribution in [0, 0.1) is 0 Å². The zero-order valence-electron chi connectivity index (χ0n) is 13.5. The highest BCUT2D eigenvalue weighted by Crippen LogP contribution is 2.28. The molecule has 1 aliphatic rings. The van der Waals surface area contributed by atoms with Crippen molar-refractivity contribution in [2.45, 2.75) is 58.5 Å². The molecule has 1 fully saturated rings. The smallest absolute Gasteiger partial charge is 0.135 e. The molecule has 0 amide bonds. The summed E-state index contributed by atoms with van der Waals surface area (Å²) < 4.78 is 5.88. The van der Waals surface area contributed by atoms with E-state index in [-0.39, 0.29) is 0 Å². The van der Waals surface area contributed by atoms with E-state index in [1.807, 2.05) is 0 Å². The third kappa shape index (κ3) is 4.56. The van der Waals surface area contributed by atoms with Crippen molar-refractivity contribution < 1.29 is 4.74 Å². The molecular weight excluding hydrogens is 264 g/mol. The van der Waals surface area contributed by atoms with Crippen molar-refractivity contribution in [1.82, 2.24) is 9.97 Å². The van der Waals surface area contributed by atoms with Gasteiger partial charge in [-0.05, 0) is 25.7 Å². The summed E-state index contributed by atoms with van der Waals surface area (Å²) in [6.07, 6.45) is 7.15. The van der Waals surface area contributed by atoms with Gasteiger partial charge in [0, 0.05) is 18.7 Å². The third-order valence-corrected chi connectivity index (χ3v) is 3.86. The van der Waals surface area contributed by atoms with Crippen molar-refractivity contribution in [1.29, 1.82) is 0 Å². The topological polar surface area (TPSA) is 59.1 Å². The van der Waals surface area contributed by atoms with Gasteiger partial charge >= 0.3 is 0 Å². The van der Waals surface area contributed by atoms with Crippen molar-refractivity contribution in [2.24, 2.45) is 0 Å². The zero-order valence-corrected chi connectivity index (χ0v) is 13.5. The Hall–Kier alpha value is -1.36. The van der Waals surface area contributed by atoms with Gasteiger partial charge in [0.15, 0.2) is 0 Å². The highest BCUT2D eigenvalue weighted by molar-refractivity contribution is 5.58. The largest absolute Gasteiger partial charge is 0.376 e. The highest BCUT2D eigenvalue weighted by Gasteiger charge is 2.16. The van der Waals surface area contributed by atoms with E-state index in [1.165, 1.54) is 25.7 Å². The Morgan fingerprint density at radius 3 is 2.48 bits per heavy atom. The predicted molar refractivity (Wildman–Crippen MR) is 87.0 cm³/mol. The number of hydrogen-bond donors (Lipinski definition) is 2. The van der Waals surface area contributed by atoms with Gasteiger partial charge in [0.05, 0.1) is 12.7 Å². The lowest BCUT2D eigenvalue weighted by Crippen LogP contribution is -2.17. The van der Waals surface area contributed by atoms with E-state index in [2.05, 4.69) is 41.4 Å². The van der Waals surface area contributed by atoms with Crippen LogP contribution < -0.4 is 10.6 Å². The Balaban J connectivity index is 1.90. The molecule has 1 aromatic rings. The highest BCUT2D eigenvalue weighted by atomic mass is 16.5. The quantitative estimate of drug-likeness (QED) is 0.719. The first-order chi connectivity index (χ1) is 10.2. The van der Waals surface area contributed by atoms with Crippen LogP contribution in [0.3, 0.4) is 0 Å². The van der Waals surface area contributed by atoms with E-state index >= 15 is 0 Å². The first kappa shape index (κ1) is 16.0. The summed E-state index contributed by atoms with van der Waals surface area (Å²) in [6, 6.07) is 0. The molecule has 1 aromatic heterocycles. The molecule has 1 heterocycles. The van der Waals surface area contributed by atoms with Crippen LogP contribution in [0.4, 0.5) is 11.6 Å². The fourth-order valence-corrected chi connectivity index (χ4v) is 2.84. The van der Waals surface area contributed by atoms with E-state index in [4.69, 9.17) is 4.74 Å². The van der Waals surface area contributed by atoms with Crippen LogP contribution in [0.1, 0.15) is 57.9 Å². The molecule has 5 heteroatoms. The molecule has 2 N–H and O–H groups in total. The van der Waals surface area contributed by atoms with Crippen LogP contribution in [-0.2, 0) is 4.74 Å². The molecule has 118 valence electrons. The number of ether oxygens (including phenoxy) is 1. The van der Waals surface area contributed by atoms with Gasteiger partial charge in [-0.15, -0.1) is 0 Å². The molecule has 0 bridgehead atoms. The van der Waals surface area contributed by atoms with Crippen LogP contribution in [0.2, 0.25) is 0 Å². The fourth-order valence-electron chi connectivity index (χ4n) is 2.84. The number of hydrogen-bond acceptors (Lipinski definition) is 5. The lowest BCUT2D eigenvalue weighted by Gasteiger charge is -2.18. The summed E-state index contributed by atoms with van der Waals surface area (Å²) in [5.41, 5.74) is 1.15. The van der Waals surface area contributed by atoms with Gasteiger partial charge in [0.1, 0.15) is 18.0 Å². The molecule has 0 aliphatic heterocycles. The third-order valence-electron chi connectivity index (χ3n) is 3.86. The van der Waals surface area contributed by atoms with Crippen molar-refractivity contribution in [3.05, 3.63) is 11.9 Å². The second-order valence-corrected chi connectivity index (χ2v) is 5.87. The van der Waals surface area contributed by atoms with Gasteiger partial charge in [-0.3, -0.25) is 0 Å². The lowest BCUT2D eigenvalue weighted by atomic mass is 10.0. The molecule has 1 aliphatic carbocycles. The molecule has 2 rings (SSSR count). The second kappa shape index (κ2) is 8.17. The SMILES string of the molecule is CCNc1ncnc(NCCOC2CCCC2)c1C(C)C. The molecule has 0 atom stereocenters. The molecule has 5 nitrogen and oxygen atoms in total. The van der Waals surface area contributed by atoms with Gasteiger partial charge in [-0.1, -0.05) is 26.7 Å². The van der Waals surface area contributed by atoms with E-state index in [9.17, 15) is 0 Å². The monoisotopic (exact) mass is 292 g/mol. The average molecular weight is 292 g/mol. The summed E-state index contributed by atoms with van der Waals surface area (Å²) in [5.74, 6) is 2.23. The molecule has 1 saturated carbocycles. The van der Waals surface area contributed by atoms with Crippen molar-refractivity contribution in [3.8, 4) is 0 Å². The normalized spacial score (nSPS) is 15.6. The summed E-state index contributed by atoms with van der Waals surface area (Å²) in [4.78, 5) is 8.74. The van der Waals surface area contributed by atoms with Crippen LogP contribution >= 0.6 is 0 Å². The van der Waals surface area contributed by atoms with E-state index in [0.717, 1.165) is 36.9 Å². The minimum atomic E-state index is 0.374. The molecule has 21 heavy (non-hydrogen) atoms. The molecule has 0 radical (unpaired) electrons. The maximum Gasteiger partial charge on any atom is 0.135 e. The summed E-state index contributed by atoms with van der Waals surface area (Å²) in [7, 11) is 0. The molecule has 0 saturated heterocycles. The van der Waals surface area contributed by atoms with Crippen LogP contribution in [0.15, 0.2) is 6.33 Å². The Kier molecular flexibility index (Phi) is 6.23. The van der Waals surface area contributed by atoms with Crippen molar-refractivity contribution in [2.75, 3.05) is 30.3 Å². The van der Waals surface area contributed by atoms with Crippen LogP contribution in [-0.4, -0.2) is 35.8 Å². The minimum Gasteiger partial charge on any atom is -0.376 e. The van der Waals surface area contributed by atoms with Crippen LogP contribution in [0.25, 0.3) is 0 Å². The van der Waals surface area contributed by atoms with Gasteiger partial charge in [0.2, 0.25) is 0 Å². The maximum absolute atomic E-state index is 5.88. The lowest BCUT2D eigenvalue weighted by molar-refractivity contribution is 0.0658. The van der Waals surface area contributed by atoms with E-state index < -0.39 is 0 Å². The molecule has 0 spiro atoms. The average Bonchev–Trinajstić information content (AvgIpc) is 2.97. The number of nitrogens with one attached hydrogen (secondary N) is 2. The summed E-state index contributed by atoms with van der Waals surface area (Å²) in [5, 5.41) is 6.71. The Bertz CT molecular complexity index is 430. The summed E-state index contributed by atoms with van der Waals surface area (Å²) >= 11 is 0. The molecule has 0 aromatic carbocycles. The zero-order chi connectivity index (χ0) is 15.1. The van der Waals surface area contributed by atoms with E-state index in [1.54, 1.807) is 6.33 Å². The standard InChI is InChI=1S/C16H28N4O/c1-4-17-15-14(12(2)3)16(20-11-19-15)18-9-10-21-13-7-5-6-8-13/h11-13H,4-10H2,1-3H3,(H2,17,18,19,20). The van der Waals surface area contributed by atoms with Crippen molar-refractivity contribution in [3.63, 3.8) is 0 Å². The minimum absolute atomic E-state index is 0.374. The van der Waals surface area contributed by atoms with E-state index in [0.29, 0.717) is 12.0 Å². The molecule has 0 unspecified atom stereocenters.